The molecule has 0 aromatic heterocycles. The molecule has 0 saturated heterocycles. The van der Waals surface area contributed by atoms with Crippen LogP contribution in [0.4, 0.5) is 5.69 Å². The van der Waals surface area contributed by atoms with Crippen LogP contribution in [-0.4, -0.2) is 72.7 Å². The van der Waals surface area contributed by atoms with E-state index in [1.165, 1.54) is 69.7 Å². The van der Waals surface area contributed by atoms with Crippen molar-refractivity contribution in [2.24, 2.45) is 0 Å². The number of hydrogen-bond donors (Lipinski definition) is 1. The van der Waals surface area contributed by atoms with Gasteiger partial charge in [0.25, 0.3) is 10.0 Å². The summed E-state index contributed by atoms with van der Waals surface area (Å²) in [7, 11) is 1.10. The maximum atomic E-state index is 14.8. The maximum Gasteiger partial charge on any atom is 0.265 e. The van der Waals surface area contributed by atoms with E-state index >= 15 is 0 Å². The standard InChI is InChI=1S/C36H39Cl2N3O8S/c1-6-39-36(43)31(18-24-10-8-7-9-11-24)40(22-25-12-13-26(37)19-29(25)38)35(42)23-41(30-20-27(46-2)14-16-32(30)47-3)50(44,45)28-15-17-33(48-4)34(21-28)49-5/h7-17,19-21,31H,6,18,22-23H2,1-5H3,(H,39,43)/t31-/m0/s1. The summed E-state index contributed by atoms with van der Waals surface area (Å²) in [6.07, 6.45) is 0.133. The Morgan fingerprint density at radius 3 is 2.10 bits per heavy atom. The van der Waals surface area contributed by atoms with Gasteiger partial charge in [-0.25, -0.2) is 8.42 Å². The quantitative estimate of drug-likeness (QED) is 0.148. The maximum absolute atomic E-state index is 14.8. The van der Waals surface area contributed by atoms with E-state index in [9.17, 15) is 18.0 Å². The second kappa shape index (κ2) is 17.3. The summed E-state index contributed by atoms with van der Waals surface area (Å²) in [4.78, 5) is 29.7. The minimum absolute atomic E-state index is 0.0251. The lowest BCUT2D eigenvalue weighted by atomic mass is 10.0. The molecule has 2 amide bonds. The van der Waals surface area contributed by atoms with E-state index < -0.39 is 34.4 Å². The summed E-state index contributed by atoms with van der Waals surface area (Å²) in [5.41, 5.74) is 1.31. The Bertz CT molecular complexity index is 1910. The molecular formula is C36H39Cl2N3O8S. The Morgan fingerprint density at radius 2 is 1.48 bits per heavy atom. The zero-order valence-electron chi connectivity index (χ0n) is 28.3. The number of rotatable bonds is 16. The fourth-order valence-electron chi connectivity index (χ4n) is 5.29. The van der Waals surface area contributed by atoms with Crippen LogP contribution in [0.3, 0.4) is 0 Å². The predicted molar refractivity (Wildman–Crippen MR) is 193 cm³/mol. The van der Waals surface area contributed by atoms with E-state index in [0.717, 1.165) is 9.87 Å². The third-order valence-corrected chi connectivity index (χ3v) is 10.2. The highest BCUT2D eigenvalue weighted by molar-refractivity contribution is 7.92. The number of nitrogens with zero attached hydrogens (tertiary/aromatic N) is 2. The molecule has 4 rings (SSSR count). The number of nitrogens with one attached hydrogen (secondary N) is 1. The summed E-state index contributed by atoms with van der Waals surface area (Å²) in [5.74, 6) is -0.185. The van der Waals surface area contributed by atoms with Crippen molar-refractivity contribution < 1.29 is 37.0 Å². The first-order valence-electron chi connectivity index (χ1n) is 15.5. The second-order valence-electron chi connectivity index (χ2n) is 10.9. The molecule has 0 aliphatic carbocycles. The zero-order chi connectivity index (χ0) is 36.4. The summed E-state index contributed by atoms with van der Waals surface area (Å²) in [6.45, 7) is 1.19. The Hall–Kier alpha value is -4.65. The van der Waals surface area contributed by atoms with Crippen molar-refractivity contribution >= 4 is 50.7 Å². The Morgan fingerprint density at radius 1 is 0.800 bits per heavy atom. The van der Waals surface area contributed by atoms with Gasteiger partial charge in [-0.1, -0.05) is 59.6 Å². The SMILES string of the molecule is CCNC(=O)[C@H](Cc1ccccc1)N(Cc1ccc(Cl)cc1Cl)C(=O)CN(c1cc(OC)ccc1OC)S(=O)(=O)c1ccc(OC)c(OC)c1. The molecule has 0 bridgehead atoms. The molecule has 0 fully saturated rings. The molecule has 1 atom stereocenters. The third-order valence-electron chi connectivity index (χ3n) is 7.85. The molecule has 4 aromatic rings. The molecule has 0 spiro atoms. The number of anilines is 1. The van der Waals surface area contributed by atoms with Crippen molar-refractivity contribution in [1.82, 2.24) is 10.2 Å². The number of halogens is 2. The van der Waals surface area contributed by atoms with Gasteiger partial charge in [-0.15, -0.1) is 0 Å². The average Bonchev–Trinajstić information content (AvgIpc) is 3.12. The van der Waals surface area contributed by atoms with Crippen LogP contribution in [0.2, 0.25) is 10.0 Å². The molecule has 0 radical (unpaired) electrons. The summed E-state index contributed by atoms with van der Waals surface area (Å²) in [5, 5.41) is 3.49. The number of hydrogen-bond acceptors (Lipinski definition) is 8. The van der Waals surface area contributed by atoms with Crippen LogP contribution in [0.5, 0.6) is 23.0 Å². The van der Waals surface area contributed by atoms with E-state index in [1.54, 1.807) is 25.1 Å². The lowest BCUT2D eigenvalue weighted by Crippen LogP contribution is -2.53. The number of likely N-dealkylation sites (N-methyl/N-ethyl adjacent to an activating group) is 1. The Balaban J connectivity index is 1.91. The number of amides is 2. The smallest absolute Gasteiger partial charge is 0.265 e. The number of carbonyl (C=O) groups is 2. The number of carbonyl (C=O) groups excluding carboxylic acids is 2. The van der Waals surface area contributed by atoms with Crippen LogP contribution in [-0.2, 0) is 32.6 Å². The van der Waals surface area contributed by atoms with Crippen molar-refractivity contribution in [3.63, 3.8) is 0 Å². The van der Waals surface area contributed by atoms with Crippen LogP contribution < -0.4 is 28.6 Å². The molecule has 50 heavy (non-hydrogen) atoms. The van der Waals surface area contributed by atoms with Crippen LogP contribution in [0.15, 0.2) is 89.8 Å². The first-order chi connectivity index (χ1) is 24.0. The van der Waals surface area contributed by atoms with Gasteiger partial charge in [0.15, 0.2) is 11.5 Å². The van der Waals surface area contributed by atoms with Crippen LogP contribution >= 0.6 is 23.2 Å². The van der Waals surface area contributed by atoms with Gasteiger partial charge in [0, 0.05) is 41.7 Å². The van der Waals surface area contributed by atoms with Crippen LogP contribution in [0.25, 0.3) is 0 Å². The number of benzene rings is 4. The number of ether oxygens (including phenoxy) is 4. The van der Waals surface area contributed by atoms with Gasteiger partial charge in [-0.2, -0.15) is 0 Å². The monoisotopic (exact) mass is 743 g/mol. The number of sulfonamides is 1. The van der Waals surface area contributed by atoms with Gasteiger partial charge in [-0.05, 0) is 54.4 Å². The minimum Gasteiger partial charge on any atom is -0.497 e. The molecule has 0 unspecified atom stereocenters. The van der Waals surface area contributed by atoms with E-state index in [0.29, 0.717) is 28.6 Å². The highest BCUT2D eigenvalue weighted by Crippen LogP contribution is 2.38. The van der Waals surface area contributed by atoms with Crippen molar-refractivity contribution in [3.05, 3.63) is 106 Å². The lowest BCUT2D eigenvalue weighted by Gasteiger charge is -2.34. The average molecular weight is 745 g/mol. The molecule has 14 heteroatoms. The molecule has 11 nitrogen and oxygen atoms in total. The van der Waals surface area contributed by atoms with Crippen molar-refractivity contribution in [3.8, 4) is 23.0 Å². The first kappa shape index (κ1) is 38.2. The van der Waals surface area contributed by atoms with Gasteiger partial charge in [0.2, 0.25) is 11.8 Å². The molecular weight excluding hydrogens is 705 g/mol. The van der Waals surface area contributed by atoms with E-state index in [1.807, 2.05) is 30.3 Å². The zero-order valence-corrected chi connectivity index (χ0v) is 30.6. The molecule has 4 aromatic carbocycles. The fraction of sp³-hybridized carbons (Fsp3) is 0.278. The second-order valence-corrected chi connectivity index (χ2v) is 13.6. The van der Waals surface area contributed by atoms with Crippen LogP contribution in [0.1, 0.15) is 18.1 Å². The highest BCUT2D eigenvalue weighted by Gasteiger charge is 2.36. The molecule has 0 heterocycles. The first-order valence-corrected chi connectivity index (χ1v) is 17.7. The van der Waals surface area contributed by atoms with Gasteiger partial charge in [0.05, 0.1) is 39.0 Å². The number of methoxy groups -OCH3 is 4. The van der Waals surface area contributed by atoms with E-state index in [2.05, 4.69) is 5.32 Å². The lowest BCUT2D eigenvalue weighted by molar-refractivity contribution is -0.140. The Labute approximate surface area is 302 Å². The predicted octanol–water partition coefficient (Wildman–Crippen LogP) is 6.00. The Kier molecular flexibility index (Phi) is 13.2. The summed E-state index contributed by atoms with van der Waals surface area (Å²) in [6, 6.07) is 21.7. The third kappa shape index (κ3) is 8.92. The molecule has 0 aliphatic heterocycles. The highest BCUT2D eigenvalue weighted by atomic mass is 35.5. The van der Waals surface area contributed by atoms with E-state index in [-0.39, 0.29) is 40.1 Å². The largest absolute Gasteiger partial charge is 0.497 e. The van der Waals surface area contributed by atoms with Crippen molar-refractivity contribution in [2.45, 2.75) is 30.8 Å². The van der Waals surface area contributed by atoms with Gasteiger partial charge in [-0.3, -0.25) is 13.9 Å². The minimum atomic E-state index is -4.53. The van der Waals surface area contributed by atoms with E-state index in [4.69, 9.17) is 42.1 Å². The van der Waals surface area contributed by atoms with Gasteiger partial charge in [0.1, 0.15) is 24.1 Å². The molecule has 0 aliphatic rings. The topological polar surface area (TPSA) is 124 Å². The van der Waals surface area contributed by atoms with Crippen LogP contribution in [0, 0.1) is 0 Å². The fourth-order valence-corrected chi connectivity index (χ4v) is 7.19. The normalized spacial score (nSPS) is 11.7. The van der Waals surface area contributed by atoms with Crippen molar-refractivity contribution in [1.29, 1.82) is 0 Å². The van der Waals surface area contributed by atoms with Gasteiger partial charge < -0.3 is 29.2 Å². The summed E-state index contributed by atoms with van der Waals surface area (Å²) < 4.78 is 51.9. The molecule has 1 N–H and O–H groups in total. The molecule has 266 valence electrons. The molecule has 0 saturated carbocycles. The van der Waals surface area contributed by atoms with Gasteiger partial charge >= 0.3 is 0 Å². The van der Waals surface area contributed by atoms with Crippen molar-refractivity contribution in [2.75, 3.05) is 45.8 Å². The summed E-state index contributed by atoms with van der Waals surface area (Å²) >= 11 is 12.8.